The fraction of sp³-hybridized carbons (Fsp3) is 0. The number of rotatable bonds is 2. The van der Waals surface area contributed by atoms with Gasteiger partial charge in [0.05, 0.1) is 0 Å². The standard InChI is InChI=1S/C40H22O2/c1-4-11-36-31(6-1)33-9-5-8-30(40(33)42-36)29-20-26-14-12-24-18-28(19-25-13-15-27(21-29)39(26)38(24)25)23-16-17-37-34(22-23)32-7-2-3-10-35(32)41-37/h1-22H. The van der Waals surface area contributed by atoms with E-state index in [1.807, 2.05) is 24.3 Å². The van der Waals surface area contributed by atoms with Gasteiger partial charge >= 0.3 is 0 Å². The molecule has 0 bridgehead atoms. The molecule has 2 heteroatoms. The van der Waals surface area contributed by atoms with Gasteiger partial charge in [0.25, 0.3) is 0 Å². The van der Waals surface area contributed by atoms with E-state index in [9.17, 15) is 0 Å². The summed E-state index contributed by atoms with van der Waals surface area (Å²) in [4.78, 5) is 0. The Balaban J connectivity index is 1.17. The Morgan fingerprint density at radius 2 is 0.881 bits per heavy atom. The minimum atomic E-state index is 0.923. The van der Waals surface area contributed by atoms with Crippen LogP contribution in [-0.4, -0.2) is 0 Å². The Hall–Kier alpha value is -5.60. The maximum Gasteiger partial charge on any atom is 0.143 e. The number of furan rings is 2. The summed E-state index contributed by atoms with van der Waals surface area (Å²) in [6.07, 6.45) is 0. The second-order valence-electron chi connectivity index (χ2n) is 11.3. The highest BCUT2D eigenvalue weighted by Crippen LogP contribution is 2.42. The highest BCUT2D eigenvalue weighted by molar-refractivity contribution is 6.25. The molecule has 194 valence electrons. The summed E-state index contributed by atoms with van der Waals surface area (Å²) in [6, 6.07) is 47.9. The molecule has 0 amide bonds. The van der Waals surface area contributed by atoms with E-state index in [0.29, 0.717) is 0 Å². The molecule has 0 aliphatic rings. The summed E-state index contributed by atoms with van der Waals surface area (Å²) in [5.74, 6) is 0. The molecule has 0 aliphatic carbocycles. The van der Waals surface area contributed by atoms with Crippen molar-refractivity contribution in [2.45, 2.75) is 0 Å². The molecule has 0 saturated carbocycles. The van der Waals surface area contributed by atoms with E-state index in [1.54, 1.807) is 0 Å². The Morgan fingerprint density at radius 3 is 1.57 bits per heavy atom. The van der Waals surface area contributed by atoms with Gasteiger partial charge in [-0.2, -0.15) is 0 Å². The lowest BCUT2D eigenvalue weighted by Crippen LogP contribution is -1.88. The van der Waals surface area contributed by atoms with Crippen molar-refractivity contribution in [3.05, 3.63) is 133 Å². The minimum Gasteiger partial charge on any atom is -0.456 e. The zero-order valence-corrected chi connectivity index (χ0v) is 22.5. The van der Waals surface area contributed by atoms with Crippen LogP contribution in [0.15, 0.2) is 142 Å². The van der Waals surface area contributed by atoms with Crippen molar-refractivity contribution in [3.8, 4) is 22.3 Å². The summed E-state index contributed by atoms with van der Waals surface area (Å²) in [6.45, 7) is 0. The SMILES string of the molecule is c1ccc2c(c1)oc1ccc(-c3cc4ccc5cc(-c6cccc7c6oc6ccccc67)cc6ccc(c3)c4c56)cc12. The van der Waals surface area contributed by atoms with E-state index in [-0.39, 0.29) is 0 Å². The van der Waals surface area contributed by atoms with Gasteiger partial charge < -0.3 is 8.83 Å². The number of hydrogen-bond acceptors (Lipinski definition) is 2. The number of benzene rings is 8. The van der Waals surface area contributed by atoms with Gasteiger partial charge in [0, 0.05) is 27.1 Å². The molecule has 0 radical (unpaired) electrons. The molecular weight excluding hydrogens is 512 g/mol. The van der Waals surface area contributed by atoms with Crippen LogP contribution in [0.25, 0.3) is 98.4 Å². The zero-order chi connectivity index (χ0) is 27.4. The number of para-hydroxylation sites is 3. The third kappa shape index (κ3) is 2.98. The molecule has 2 heterocycles. The van der Waals surface area contributed by atoms with Crippen LogP contribution >= 0.6 is 0 Å². The molecule has 0 atom stereocenters. The van der Waals surface area contributed by atoms with Crippen LogP contribution in [0.5, 0.6) is 0 Å². The summed E-state index contributed by atoms with van der Waals surface area (Å²) in [7, 11) is 0. The first-order chi connectivity index (χ1) is 20.8. The predicted molar refractivity (Wildman–Crippen MR) is 176 cm³/mol. The van der Waals surface area contributed by atoms with Crippen molar-refractivity contribution in [2.24, 2.45) is 0 Å². The van der Waals surface area contributed by atoms with Crippen molar-refractivity contribution < 1.29 is 8.83 Å². The summed E-state index contributed by atoms with van der Waals surface area (Å²) in [5.41, 5.74) is 8.42. The monoisotopic (exact) mass is 534 g/mol. The first kappa shape index (κ1) is 22.1. The van der Waals surface area contributed by atoms with Gasteiger partial charge in [-0.1, -0.05) is 84.9 Å². The lowest BCUT2D eigenvalue weighted by atomic mass is 9.89. The predicted octanol–water partition coefficient (Wildman–Crippen LogP) is 11.7. The summed E-state index contributed by atoms with van der Waals surface area (Å²) in [5, 5.41) is 12.2. The van der Waals surface area contributed by atoms with Crippen molar-refractivity contribution in [1.29, 1.82) is 0 Å². The molecule has 42 heavy (non-hydrogen) atoms. The highest BCUT2D eigenvalue weighted by atomic mass is 16.3. The maximum atomic E-state index is 6.38. The largest absolute Gasteiger partial charge is 0.456 e. The maximum absolute atomic E-state index is 6.38. The molecule has 0 spiro atoms. The first-order valence-electron chi connectivity index (χ1n) is 14.3. The van der Waals surface area contributed by atoms with E-state index >= 15 is 0 Å². The van der Waals surface area contributed by atoms with E-state index in [0.717, 1.165) is 49.4 Å². The van der Waals surface area contributed by atoms with E-state index in [4.69, 9.17) is 8.83 Å². The highest BCUT2D eigenvalue weighted by Gasteiger charge is 2.16. The van der Waals surface area contributed by atoms with Crippen molar-refractivity contribution in [2.75, 3.05) is 0 Å². The fourth-order valence-electron chi connectivity index (χ4n) is 7.04. The van der Waals surface area contributed by atoms with Crippen LogP contribution in [0.2, 0.25) is 0 Å². The van der Waals surface area contributed by atoms with Crippen molar-refractivity contribution in [1.82, 2.24) is 0 Å². The second-order valence-corrected chi connectivity index (χ2v) is 11.3. The topological polar surface area (TPSA) is 26.3 Å². The molecule has 0 N–H and O–H groups in total. The van der Waals surface area contributed by atoms with Crippen LogP contribution in [0, 0.1) is 0 Å². The van der Waals surface area contributed by atoms with Crippen molar-refractivity contribution in [3.63, 3.8) is 0 Å². The molecule has 8 aromatic carbocycles. The van der Waals surface area contributed by atoms with Crippen LogP contribution < -0.4 is 0 Å². The Labute approximate surface area is 240 Å². The number of hydrogen-bond donors (Lipinski definition) is 0. The van der Waals surface area contributed by atoms with Gasteiger partial charge in [0.15, 0.2) is 0 Å². The quantitative estimate of drug-likeness (QED) is 0.206. The van der Waals surface area contributed by atoms with Gasteiger partial charge in [0.2, 0.25) is 0 Å². The third-order valence-electron chi connectivity index (χ3n) is 8.96. The fourth-order valence-corrected chi connectivity index (χ4v) is 7.04. The molecule has 0 fully saturated rings. The molecule has 2 nitrogen and oxygen atoms in total. The summed E-state index contributed by atoms with van der Waals surface area (Å²) < 4.78 is 12.5. The Morgan fingerprint density at radius 1 is 0.333 bits per heavy atom. The van der Waals surface area contributed by atoms with Gasteiger partial charge in [-0.3, -0.25) is 0 Å². The lowest BCUT2D eigenvalue weighted by Gasteiger charge is -2.14. The van der Waals surface area contributed by atoms with E-state index in [1.165, 1.54) is 49.0 Å². The first-order valence-corrected chi connectivity index (χ1v) is 14.3. The normalized spacial score (nSPS) is 12.3. The van der Waals surface area contributed by atoms with E-state index in [2.05, 4.69) is 109 Å². The molecule has 0 aliphatic heterocycles. The Kier molecular flexibility index (Phi) is 4.21. The smallest absolute Gasteiger partial charge is 0.143 e. The second kappa shape index (κ2) is 7.99. The third-order valence-corrected chi connectivity index (χ3v) is 8.96. The lowest BCUT2D eigenvalue weighted by molar-refractivity contribution is 0.669. The van der Waals surface area contributed by atoms with Crippen LogP contribution in [0.3, 0.4) is 0 Å². The molecular formula is C40H22O2. The van der Waals surface area contributed by atoms with Gasteiger partial charge in [-0.15, -0.1) is 0 Å². The average Bonchev–Trinajstić information content (AvgIpc) is 3.61. The van der Waals surface area contributed by atoms with Gasteiger partial charge in [-0.05, 0) is 97.5 Å². The molecule has 2 aromatic heterocycles. The number of fused-ring (bicyclic) bond motifs is 6. The minimum absolute atomic E-state index is 0.923. The summed E-state index contributed by atoms with van der Waals surface area (Å²) >= 11 is 0. The molecule has 10 rings (SSSR count). The van der Waals surface area contributed by atoms with E-state index < -0.39 is 0 Å². The zero-order valence-electron chi connectivity index (χ0n) is 22.5. The van der Waals surface area contributed by atoms with Crippen LogP contribution in [-0.2, 0) is 0 Å². The molecule has 10 aromatic rings. The van der Waals surface area contributed by atoms with Gasteiger partial charge in [0.1, 0.15) is 22.3 Å². The van der Waals surface area contributed by atoms with Crippen molar-refractivity contribution >= 4 is 76.2 Å². The average molecular weight is 535 g/mol. The van der Waals surface area contributed by atoms with Crippen LogP contribution in [0.1, 0.15) is 0 Å². The van der Waals surface area contributed by atoms with Crippen LogP contribution in [0.4, 0.5) is 0 Å². The van der Waals surface area contributed by atoms with Gasteiger partial charge in [-0.25, -0.2) is 0 Å². The molecule has 0 unspecified atom stereocenters. The molecule has 0 saturated heterocycles. The Bertz CT molecular complexity index is 2620.